The predicted molar refractivity (Wildman–Crippen MR) is 67.2 cm³/mol. The maximum atomic E-state index is 10.5. The van der Waals surface area contributed by atoms with Gasteiger partial charge < -0.3 is 9.84 Å². The van der Waals surface area contributed by atoms with E-state index in [2.05, 4.69) is 0 Å². The van der Waals surface area contributed by atoms with Gasteiger partial charge in [-0.15, -0.1) is 11.3 Å². The first-order chi connectivity index (χ1) is 7.61. The molecule has 0 aromatic carbocycles. The van der Waals surface area contributed by atoms with Gasteiger partial charge in [0.25, 0.3) is 0 Å². The summed E-state index contributed by atoms with van der Waals surface area (Å²) in [6, 6.07) is 3.89. The van der Waals surface area contributed by atoms with Crippen molar-refractivity contribution in [3.05, 3.63) is 21.3 Å². The van der Waals surface area contributed by atoms with Crippen molar-refractivity contribution in [2.45, 2.75) is 43.8 Å². The number of rotatable bonds is 3. The van der Waals surface area contributed by atoms with Gasteiger partial charge in [0.2, 0.25) is 0 Å². The third-order valence-corrected chi connectivity index (χ3v) is 4.47. The molecule has 4 heteroatoms. The molecule has 2 nitrogen and oxygen atoms in total. The molecular weight excluding hydrogens is 244 g/mol. The molecule has 0 saturated heterocycles. The summed E-state index contributed by atoms with van der Waals surface area (Å²) in [7, 11) is 1.72. The average Bonchev–Trinajstić information content (AvgIpc) is 2.63. The van der Waals surface area contributed by atoms with E-state index in [4.69, 9.17) is 16.3 Å². The van der Waals surface area contributed by atoms with Gasteiger partial charge in [0, 0.05) is 24.8 Å². The largest absolute Gasteiger partial charge is 0.389 e. The van der Waals surface area contributed by atoms with E-state index in [1.807, 2.05) is 12.1 Å². The van der Waals surface area contributed by atoms with E-state index in [1.54, 1.807) is 18.4 Å². The van der Waals surface area contributed by atoms with Crippen molar-refractivity contribution in [2.75, 3.05) is 7.11 Å². The highest BCUT2D eigenvalue weighted by Crippen LogP contribution is 2.34. The van der Waals surface area contributed by atoms with Crippen LogP contribution in [0.4, 0.5) is 0 Å². The lowest BCUT2D eigenvalue weighted by Gasteiger charge is -2.36. The van der Waals surface area contributed by atoms with Crippen LogP contribution in [0.25, 0.3) is 0 Å². The molecule has 1 aliphatic rings. The van der Waals surface area contributed by atoms with Crippen molar-refractivity contribution in [3.8, 4) is 0 Å². The van der Waals surface area contributed by atoms with Crippen LogP contribution in [-0.4, -0.2) is 23.9 Å². The minimum Gasteiger partial charge on any atom is -0.389 e. The molecule has 1 aromatic rings. The quantitative estimate of drug-likeness (QED) is 0.904. The van der Waals surface area contributed by atoms with Crippen molar-refractivity contribution in [1.29, 1.82) is 0 Å². The van der Waals surface area contributed by atoms with Crippen molar-refractivity contribution in [2.24, 2.45) is 0 Å². The van der Waals surface area contributed by atoms with Crippen LogP contribution in [0.1, 0.15) is 30.6 Å². The summed E-state index contributed by atoms with van der Waals surface area (Å²) in [5.74, 6) is 0. The number of hydrogen-bond acceptors (Lipinski definition) is 3. The van der Waals surface area contributed by atoms with Gasteiger partial charge in [-0.25, -0.2) is 0 Å². The second kappa shape index (κ2) is 5.05. The standard InChI is InChI=1S/C12H17ClO2S/c1-15-9-3-2-6-12(14,7-9)8-10-4-5-11(13)16-10/h4-5,9,14H,2-3,6-8H2,1H3. The molecule has 0 spiro atoms. The van der Waals surface area contributed by atoms with Gasteiger partial charge in [-0.1, -0.05) is 11.6 Å². The fourth-order valence-corrected chi connectivity index (χ4v) is 3.64. The Kier molecular flexibility index (Phi) is 3.90. The summed E-state index contributed by atoms with van der Waals surface area (Å²) < 4.78 is 6.14. The first-order valence-corrected chi connectivity index (χ1v) is 6.80. The highest BCUT2D eigenvalue weighted by Gasteiger charge is 2.34. The Morgan fingerprint density at radius 2 is 2.44 bits per heavy atom. The number of hydrogen-bond donors (Lipinski definition) is 1. The van der Waals surface area contributed by atoms with Crippen molar-refractivity contribution >= 4 is 22.9 Å². The molecule has 0 amide bonds. The van der Waals surface area contributed by atoms with Crippen molar-refractivity contribution in [1.82, 2.24) is 0 Å². The molecule has 0 aliphatic heterocycles. The Labute approximate surface area is 105 Å². The van der Waals surface area contributed by atoms with Gasteiger partial charge in [-0.3, -0.25) is 0 Å². The molecule has 2 atom stereocenters. The molecular formula is C12H17ClO2S. The molecule has 1 heterocycles. The van der Waals surface area contributed by atoms with E-state index in [0.717, 1.165) is 34.9 Å². The fraction of sp³-hybridized carbons (Fsp3) is 0.667. The third kappa shape index (κ3) is 2.98. The molecule has 1 fully saturated rings. The number of halogens is 1. The summed E-state index contributed by atoms with van der Waals surface area (Å²) in [4.78, 5) is 1.16. The minimum absolute atomic E-state index is 0.203. The predicted octanol–water partition coefficient (Wildman–Crippen LogP) is 3.26. The molecule has 2 rings (SSSR count). The topological polar surface area (TPSA) is 29.5 Å². The van der Waals surface area contributed by atoms with Crippen molar-refractivity contribution < 1.29 is 9.84 Å². The molecule has 1 aliphatic carbocycles. The molecule has 2 unspecified atom stereocenters. The van der Waals surface area contributed by atoms with Crippen LogP contribution in [0.15, 0.2) is 12.1 Å². The molecule has 90 valence electrons. The second-order valence-electron chi connectivity index (χ2n) is 4.56. The number of methoxy groups -OCH3 is 1. The zero-order valence-electron chi connectivity index (χ0n) is 9.41. The van der Waals surface area contributed by atoms with E-state index in [9.17, 15) is 5.11 Å². The van der Waals surface area contributed by atoms with Crippen LogP contribution < -0.4 is 0 Å². The summed E-state index contributed by atoms with van der Waals surface area (Å²) in [5, 5.41) is 10.5. The Hall–Kier alpha value is -0.0900. The normalized spacial score (nSPS) is 30.6. The van der Waals surface area contributed by atoms with Crippen LogP contribution in [0.2, 0.25) is 4.34 Å². The lowest BCUT2D eigenvalue weighted by Crippen LogP contribution is -2.39. The zero-order chi connectivity index (χ0) is 11.6. The van der Waals surface area contributed by atoms with Gasteiger partial charge in [0.1, 0.15) is 0 Å². The molecule has 0 bridgehead atoms. The lowest BCUT2D eigenvalue weighted by molar-refractivity contribution is -0.0577. The van der Waals surface area contributed by atoms with Gasteiger partial charge in [0.15, 0.2) is 0 Å². The number of thiophene rings is 1. The molecule has 16 heavy (non-hydrogen) atoms. The highest BCUT2D eigenvalue weighted by atomic mass is 35.5. The third-order valence-electron chi connectivity index (χ3n) is 3.24. The van der Waals surface area contributed by atoms with E-state index in [1.165, 1.54) is 0 Å². The van der Waals surface area contributed by atoms with E-state index in [0.29, 0.717) is 6.42 Å². The minimum atomic E-state index is -0.604. The van der Waals surface area contributed by atoms with Gasteiger partial charge >= 0.3 is 0 Å². The van der Waals surface area contributed by atoms with Crippen LogP contribution in [0.3, 0.4) is 0 Å². The first kappa shape index (κ1) is 12.4. The van der Waals surface area contributed by atoms with E-state index < -0.39 is 5.60 Å². The number of ether oxygens (including phenoxy) is 1. The monoisotopic (exact) mass is 260 g/mol. The molecule has 0 radical (unpaired) electrons. The Morgan fingerprint density at radius 1 is 1.62 bits per heavy atom. The number of aliphatic hydroxyl groups is 1. The van der Waals surface area contributed by atoms with E-state index in [-0.39, 0.29) is 6.10 Å². The van der Waals surface area contributed by atoms with Crippen LogP contribution in [0.5, 0.6) is 0 Å². The van der Waals surface area contributed by atoms with Crippen molar-refractivity contribution in [3.63, 3.8) is 0 Å². The smallest absolute Gasteiger partial charge is 0.0931 e. The summed E-state index contributed by atoms with van der Waals surface area (Å²) in [5.41, 5.74) is -0.604. The molecule has 1 N–H and O–H groups in total. The summed E-state index contributed by atoms with van der Waals surface area (Å²) in [6.07, 6.45) is 4.60. The lowest BCUT2D eigenvalue weighted by atomic mass is 9.80. The Morgan fingerprint density at radius 3 is 3.06 bits per heavy atom. The maximum absolute atomic E-state index is 10.5. The summed E-state index contributed by atoms with van der Waals surface area (Å²) in [6.45, 7) is 0. The van der Waals surface area contributed by atoms with Gasteiger partial charge in [-0.2, -0.15) is 0 Å². The maximum Gasteiger partial charge on any atom is 0.0931 e. The SMILES string of the molecule is COC1CCCC(O)(Cc2ccc(Cl)s2)C1. The molecule has 1 saturated carbocycles. The summed E-state index contributed by atoms with van der Waals surface area (Å²) >= 11 is 7.45. The molecule has 1 aromatic heterocycles. The average molecular weight is 261 g/mol. The van der Waals surface area contributed by atoms with Crippen LogP contribution in [-0.2, 0) is 11.2 Å². The highest BCUT2D eigenvalue weighted by molar-refractivity contribution is 7.16. The fourth-order valence-electron chi connectivity index (χ4n) is 2.42. The van der Waals surface area contributed by atoms with Gasteiger partial charge in [0.05, 0.1) is 16.0 Å². The van der Waals surface area contributed by atoms with E-state index >= 15 is 0 Å². The van der Waals surface area contributed by atoms with Crippen LogP contribution >= 0.6 is 22.9 Å². The Balaban J connectivity index is 2.01. The second-order valence-corrected chi connectivity index (χ2v) is 6.36. The van der Waals surface area contributed by atoms with Crippen LogP contribution in [0, 0.1) is 0 Å². The van der Waals surface area contributed by atoms with Gasteiger partial charge in [-0.05, 0) is 31.4 Å². The zero-order valence-corrected chi connectivity index (χ0v) is 11.0. The Bertz CT molecular complexity index is 353. The first-order valence-electron chi connectivity index (χ1n) is 5.61.